The molecule has 0 aromatic carbocycles. The van der Waals surface area contributed by atoms with Gasteiger partial charge in [-0.15, -0.1) is 0 Å². The third kappa shape index (κ3) is 14.1. The summed E-state index contributed by atoms with van der Waals surface area (Å²) in [6, 6.07) is -0.801. The quantitative estimate of drug-likeness (QED) is 0.144. The highest BCUT2D eigenvalue weighted by Crippen LogP contribution is 2.38. The van der Waals surface area contributed by atoms with E-state index in [1.54, 1.807) is 66.6 Å². The van der Waals surface area contributed by atoms with Gasteiger partial charge < -0.3 is 78.2 Å². The van der Waals surface area contributed by atoms with Crippen LogP contribution < -0.4 is 0 Å². The minimum absolute atomic E-state index is 0.000616. The van der Waals surface area contributed by atoms with Gasteiger partial charge in [0.25, 0.3) is 0 Å². The zero-order chi connectivity index (χ0) is 48.7. The van der Waals surface area contributed by atoms with Crippen LogP contribution in [0.2, 0.25) is 0 Å². The maximum atomic E-state index is 13.8. The molecule has 0 bridgehead atoms. The number of cyclic esters (lactones) is 1. The average molecular weight is 932 g/mol. The van der Waals surface area contributed by atoms with Crippen molar-refractivity contribution >= 4 is 17.7 Å². The van der Waals surface area contributed by atoms with Crippen LogP contribution in [0.3, 0.4) is 0 Å². The number of likely N-dealkylation sites (N-methyl/N-ethyl adjacent to an activating group) is 1. The lowest BCUT2D eigenvalue weighted by atomic mass is 9.79. The fourth-order valence-corrected chi connectivity index (χ4v) is 9.58. The number of methoxy groups -OCH3 is 2. The number of aliphatic hydroxyl groups excluding tert-OH is 4. The summed E-state index contributed by atoms with van der Waals surface area (Å²) in [6.45, 7) is 13.3. The van der Waals surface area contributed by atoms with Gasteiger partial charge in [0.1, 0.15) is 42.7 Å². The van der Waals surface area contributed by atoms with Gasteiger partial charge >= 0.3 is 11.9 Å². The number of carbonyl (C=O) groups is 3. The fourth-order valence-electron chi connectivity index (χ4n) is 9.58. The summed E-state index contributed by atoms with van der Waals surface area (Å²) in [4.78, 5) is 41.7. The number of rotatable bonds is 13. The Balaban J connectivity index is 1.64. The first-order chi connectivity index (χ1) is 30.4. The van der Waals surface area contributed by atoms with Crippen molar-refractivity contribution in [2.45, 2.75) is 191 Å². The molecule has 0 unspecified atom stereocenters. The monoisotopic (exact) mass is 932 g/mol. The Morgan fingerprint density at radius 3 is 2.09 bits per heavy atom. The SMILES string of the molecule is CC[C@H]1OC(=O)C[C@@H](O)[C@H](C)[C@@H](O[C@@H]2O[C@H](C)[C@@H](O[C@H]3C[C@@](C)(O)[C@@H](O)[C@H](C)O3)[C@H](N(C)C)[C@H]2O)[C@@H](CC(=O)O)C[C@@H](C)C(=O)/C=C/C(C)=C/[C@@H]1CO[C@@H]1O[C@H](C)[C@@H](O)[C@@H](OC)[C@H]1OC. The van der Waals surface area contributed by atoms with E-state index in [0.29, 0.717) is 12.0 Å². The maximum Gasteiger partial charge on any atom is 0.308 e. The molecule has 4 rings (SSSR count). The van der Waals surface area contributed by atoms with E-state index in [9.17, 15) is 45.0 Å². The van der Waals surface area contributed by atoms with Crippen LogP contribution in [0.4, 0.5) is 0 Å². The van der Waals surface area contributed by atoms with Gasteiger partial charge in [-0.25, -0.2) is 0 Å². The molecule has 0 aliphatic carbocycles. The standard InChI is InChI=1S/C46H77NO18/c1-13-32-29(21-59-45-42(58-12)41(57-11)37(53)25(5)61-45)16-22(2)14-15-30(48)23(3)17-28(18-33(50)51)39(24(4)31(49)19-34(52)63-32)65-44-38(54)36(47(9)10)40(26(6)62-44)64-35-20-46(8,56)43(55)27(7)60-35/h14-16,23-29,31-32,35-45,49,53-56H,13,17-21H2,1-12H3,(H,50,51)/b15-14+,22-16+/t23-,24+,25-,26-,27+,28-,29-,31-,32-,35+,36-,37-,38-,39-,40-,41-,42-,43+,44+,45-,46-/m1/s1. The van der Waals surface area contributed by atoms with Crippen LogP contribution in [-0.2, 0) is 57.0 Å². The van der Waals surface area contributed by atoms with Crippen molar-refractivity contribution < 1.29 is 87.7 Å². The summed E-state index contributed by atoms with van der Waals surface area (Å²) in [5, 5.41) is 66.0. The summed E-state index contributed by atoms with van der Waals surface area (Å²) in [5.74, 6) is -5.42. The molecular weight excluding hydrogens is 854 g/mol. The molecule has 19 nitrogen and oxygen atoms in total. The van der Waals surface area contributed by atoms with Crippen LogP contribution in [0.1, 0.15) is 87.5 Å². The number of hydrogen-bond donors (Lipinski definition) is 6. The summed E-state index contributed by atoms with van der Waals surface area (Å²) in [7, 11) is 6.35. The number of allylic oxidation sites excluding steroid dienone is 3. The number of nitrogens with zero attached hydrogens (tertiary/aromatic N) is 1. The second-order valence-electron chi connectivity index (χ2n) is 18.9. The van der Waals surface area contributed by atoms with E-state index in [4.69, 9.17) is 42.6 Å². The number of carboxylic acids is 1. The number of esters is 1. The van der Waals surface area contributed by atoms with Crippen molar-refractivity contribution in [3.05, 3.63) is 23.8 Å². The third-order valence-electron chi connectivity index (χ3n) is 13.5. The number of ether oxygens (including phenoxy) is 9. The lowest BCUT2D eigenvalue weighted by Gasteiger charge is -2.50. The highest BCUT2D eigenvalue weighted by Gasteiger charge is 2.52. The molecule has 4 aliphatic rings. The Morgan fingerprint density at radius 1 is 0.862 bits per heavy atom. The Morgan fingerprint density at radius 2 is 1.51 bits per heavy atom. The van der Waals surface area contributed by atoms with Gasteiger partial charge in [-0.3, -0.25) is 14.4 Å². The molecule has 21 atom stereocenters. The number of ketones is 1. The number of aliphatic hydroxyl groups is 5. The Hall–Kier alpha value is -2.47. The van der Waals surface area contributed by atoms with Gasteiger partial charge in [-0.2, -0.15) is 0 Å². The Bertz CT molecular complexity index is 1610. The smallest absolute Gasteiger partial charge is 0.308 e. The molecule has 3 saturated heterocycles. The Kier molecular flexibility index (Phi) is 20.5. The molecule has 374 valence electrons. The minimum Gasteiger partial charge on any atom is -0.481 e. The molecule has 0 radical (unpaired) electrons. The molecule has 0 saturated carbocycles. The van der Waals surface area contributed by atoms with Gasteiger partial charge in [-0.1, -0.05) is 38.5 Å². The van der Waals surface area contributed by atoms with Gasteiger partial charge in [0.15, 0.2) is 24.7 Å². The van der Waals surface area contributed by atoms with Crippen LogP contribution in [0.25, 0.3) is 0 Å². The lowest BCUT2D eigenvalue weighted by molar-refractivity contribution is -0.342. The van der Waals surface area contributed by atoms with Gasteiger partial charge in [0, 0.05) is 38.4 Å². The van der Waals surface area contributed by atoms with E-state index in [1.807, 2.05) is 13.0 Å². The van der Waals surface area contributed by atoms with Crippen molar-refractivity contribution in [2.24, 2.45) is 23.7 Å². The first kappa shape index (κ1) is 55.1. The molecule has 4 aliphatic heterocycles. The van der Waals surface area contributed by atoms with Crippen molar-refractivity contribution in [1.82, 2.24) is 4.90 Å². The fraction of sp³-hybridized carbons (Fsp3) is 0.848. The van der Waals surface area contributed by atoms with Gasteiger partial charge in [-0.05, 0) is 73.5 Å². The molecule has 0 aromatic rings. The van der Waals surface area contributed by atoms with E-state index < -0.39 is 152 Å². The van der Waals surface area contributed by atoms with Crippen LogP contribution in [-0.4, -0.2) is 192 Å². The van der Waals surface area contributed by atoms with Gasteiger partial charge in [0.05, 0.1) is 61.6 Å². The molecule has 6 N–H and O–H groups in total. The first-order valence-corrected chi connectivity index (χ1v) is 22.8. The first-order valence-electron chi connectivity index (χ1n) is 22.8. The summed E-state index contributed by atoms with van der Waals surface area (Å²) >= 11 is 0. The molecule has 0 amide bonds. The zero-order valence-electron chi connectivity index (χ0n) is 40.1. The molecule has 3 fully saturated rings. The predicted octanol–water partition coefficient (Wildman–Crippen LogP) is 1.72. The normalized spacial score (nSPS) is 45.4. The van der Waals surface area contributed by atoms with Crippen molar-refractivity contribution in [3.63, 3.8) is 0 Å². The highest BCUT2D eigenvalue weighted by molar-refractivity contribution is 5.91. The zero-order valence-corrected chi connectivity index (χ0v) is 40.1. The number of carboxylic acid groups (broad SMARTS) is 1. The van der Waals surface area contributed by atoms with Gasteiger partial charge in [0.2, 0.25) is 0 Å². The molecule has 0 aromatic heterocycles. The minimum atomic E-state index is -1.51. The molecule has 65 heavy (non-hydrogen) atoms. The Labute approximate surface area is 383 Å². The van der Waals surface area contributed by atoms with Crippen LogP contribution in [0.15, 0.2) is 23.8 Å². The largest absolute Gasteiger partial charge is 0.481 e. The van der Waals surface area contributed by atoms with Crippen molar-refractivity contribution in [3.8, 4) is 0 Å². The summed E-state index contributed by atoms with van der Waals surface area (Å²) < 4.78 is 54.5. The second-order valence-corrected chi connectivity index (χ2v) is 18.9. The predicted molar refractivity (Wildman–Crippen MR) is 232 cm³/mol. The highest BCUT2D eigenvalue weighted by atomic mass is 16.7. The molecular formula is C46H77NO18. The van der Waals surface area contributed by atoms with Crippen LogP contribution >= 0.6 is 0 Å². The second kappa shape index (κ2) is 24.2. The number of aliphatic carboxylic acids is 1. The van der Waals surface area contributed by atoms with E-state index in [1.165, 1.54) is 27.2 Å². The maximum absolute atomic E-state index is 13.8. The third-order valence-corrected chi connectivity index (χ3v) is 13.5. The number of carbonyl (C=O) groups excluding carboxylic acids is 2. The van der Waals surface area contributed by atoms with E-state index in [2.05, 4.69) is 0 Å². The summed E-state index contributed by atoms with van der Waals surface area (Å²) in [5.41, 5.74) is -0.868. The molecule has 19 heteroatoms. The lowest BCUT2D eigenvalue weighted by Crippen LogP contribution is -2.65. The molecule has 4 heterocycles. The van der Waals surface area contributed by atoms with Crippen LogP contribution in [0.5, 0.6) is 0 Å². The van der Waals surface area contributed by atoms with E-state index in [-0.39, 0.29) is 25.2 Å². The van der Waals surface area contributed by atoms with Crippen LogP contribution in [0, 0.1) is 23.7 Å². The topological polar surface area (TPSA) is 259 Å². The van der Waals surface area contributed by atoms with Crippen molar-refractivity contribution in [1.29, 1.82) is 0 Å². The van der Waals surface area contributed by atoms with Crippen molar-refractivity contribution in [2.75, 3.05) is 34.9 Å². The van der Waals surface area contributed by atoms with E-state index >= 15 is 0 Å². The number of hydrogen-bond acceptors (Lipinski definition) is 18. The molecule has 0 spiro atoms. The van der Waals surface area contributed by atoms with E-state index in [0.717, 1.165) is 0 Å². The average Bonchev–Trinajstić information content (AvgIpc) is 3.22. The summed E-state index contributed by atoms with van der Waals surface area (Å²) in [6.07, 6.45) is -10.7.